The van der Waals surface area contributed by atoms with Gasteiger partial charge in [-0.25, -0.2) is 4.98 Å². The average molecular weight is 343 g/mol. The highest BCUT2D eigenvalue weighted by Crippen LogP contribution is 2.27. The van der Waals surface area contributed by atoms with Crippen LogP contribution in [0.1, 0.15) is 54.7 Å². The van der Waals surface area contributed by atoms with Crippen LogP contribution in [0.5, 0.6) is 0 Å². The molecule has 0 aliphatic carbocycles. The lowest BCUT2D eigenvalue weighted by Gasteiger charge is -2.28. The first kappa shape index (κ1) is 17.0. The molecule has 2 heterocycles. The van der Waals surface area contributed by atoms with E-state index in [1.165, 1.54) is 36.3 Å². The molecule has 0 bridgehead atoms. The number of carbonyl (C=O) groups is 1. The number of amides is 1. The van der Waals surface area contributed by atoms with Crippen LogP contribution in [0.3, 0.4) is 0 Å². The molecule has 4 nitrogen and oxygen atoms in total. The average Bonchev–Trinajstić information content (AvgIpc) is 3.07. The molecule has 0 radical (unpaired) electrons. The first-order valence-corrected chi connectivity index (χ1v) is 9.38. The Morgan fingerprint density at radius 3 is 2.38 bits per heavy atom. The summed E-state index contributed by atoms with van der Waals surface area (Å²) in [6.45, 7) is 8.57. The molecule has 0 atom stereocenters. The fourth-order valence-corrected chi connectivity index (χ4v) is 3.70. The SMILES string of the molecule is CC(C)(C)c1ncc(C(=O)Nc2ccc(N3CCCCC3)cc2)s1. The highest BCUT2D eigenvalue weighted by Gasteiger charge is 2.20. The Labute approximate surface area is 147 Å². The number of nitrogens with zero attached hydrogens (tertiary/aromatic N) is 2. The molecule has 2 aromatic rings. The van der Waals surface area contributed by atoms with E-state index in [0.717, 1.165) is 23.8 Å². The number of hydrogen-bond acceptors (Lipinski definition) is 4. The van der Waals surface area contributed by atoms with E-state index >= 15 is 0 Å². The molecule has 1 aliphatic rings. The zero-order chi connectivity index (χ0) is 17.2. The van der Waals surface area contributed by atoms with Crippen molar-refractivity contribution in [2.45, 2.75) is 45.4 Å². The highest BCUT2D eigenvalue weighted by molar-refractivity contribution is 7.13. The zero-order valence-corrected chi connectivity index (χ0v) is 15.4. The van der Waals surface area contributed by atoms with Crippen molar-refractivity contribution in [1.82, 2.24) is 4.98 Å². The quantitative estimate of drug-likeness (QED) is 0.880. The number of anilines is 2. The Kier molecular flexibility index (Phi) is 4.90. The smallest absolute Gasteiger partial charge is 0.267 e. The van der Waals surface area contributed by atoms with Gasteiger partial charge in [-0.1, -0.05) is 20.8 Å². The molecule has 3 rings (SSSR count). The predicted octanol–water partition coefficient (Wildman–Crippen LogP) is 4.68. The summed E-state index contributed by atoms with van der Waals surface area (Å²) < 4.78 is 0. The van der Waals surface area contributed by atoms with Crippen LogP contribution in [-0.4, -0.2) is 24.0 Å². The lowest BCUT2D eigenvalue weighted by Crippen LogP contribution is -2.29. The van der Waals surface area contributed by atoms with Crippen LogP contribution in [0.4, 0.5) is 11.4 Å². The molecule has 128 valence electrons. The minimum Gasteiger partial charge on any atom is -0.372 e. The zero-order valence-electron chi connectivity index (χ0n) is 14.6. The van der Waals surface area contributed by atoms with E-state index < -0.39 is 0 Å². The number of hydrogen-bond donors (Lipinski definition) is 1. The standard InChI is InChI=1S/C19H25N3OS/c1-19(2,3)18-20-13-16(24-18)17(23)21-14-7-9-15(10-8-14)22-11-5-4-6-12-22/h7-10,13H,4-6,11-12H2,1-3H3,(H,21,23). The molecule has 0 spiro atoms. The number of carbonyl (C=O) groups excluding carboxylic acids is 1. The van der Waals surface area contributed by atoms with E-state index in [2.05, 4.69) is 48.1 Å². The Hall–Kier alpha value is -1.88. The van der Waals surface area contributed by atoms with Crippen LogP contribution in [0, 0.1) is 0 Å². The van der Waals surface area contributed by atoms with E-state index in [9.17, 15) is 4.79 Å². The van der Waals surface area contributed by atoms with Crippen molar-refractivity contribution in [2.75, 3.05) is 23.3 Å². The molecule has 1 fully saturated rings. The Morgan fingerprint density at radius 1 is 1.12 bits per heavy atom. The number of nitrogens with one attached hydrogen (secondary N) is 1. The van der Waals surface area contributed by atoms with Crippen molar-refractivity contribution in [2.24, 2.45) is 0 Å². The number of rotatable bonds is 3. The van der Waals surface area contributed by atoms with Gasteiger partial charge in [0.25, 0.3) is 5.91 Å². The molecular formula is C19H25N3OS. The third kappa shape index (κ3) is 3.96. The number of piperidine rings is 1. The summed E-state index contributed by atoms with van der Waals surface area (Å²) >= 11 is 1.46. The van der Waals surface area contributed by atoms with Gasteiger partial charge < -0.3 is 10.2 Å². The summed E-state index contributed by atoms with van der Waals surface area (Å²) in [5.74, 6) is -0.0891. The van der Waals surface area contributed by atoms with Gasteiger partial charge in [0.05, 0.1) is 11.2 Å². The third-order valence-electron chi connectivity index (χ3n) is 4.22. The summed E-state index contributed by atoms with van der Waals surface area (Å²) in [6, 6.07) is 8.14. The van der Waals surface area contributed by atoms with Crippen molar-refractivity contribution >= 4 is 28.6 Å². The van der Waals surface area contributed by atoms with Gasteiger partial charge in [0.15, 0.2) is 0 Å². The Morgan fingerprint density at radius 2 is 1.79 bits per heavy atom. The van der Waals surface area contributed by atoms with Crippen molar-refractivity contribution in [3.63, 3.8) is 0 Å². The second kappa shape index (κ2) is 6.93. The maximum Gasteiger partial charge on any atom is 0.267 e. The van der Waals surface area contributed by atoms with E-state index in [0.29, 0.717) is 4.88 Å². The van der Waals surface area contributed by atoms with Crippen molar-refractivity contribution in [3.05, 3.63) is 40.3 Å². The molecule has 1 saturated heterocycles. The summed E-state index contributed by atoms with van der Waals surface area (Å²) in [7, 11) is 0. The molecule has 5 heteroatoms. The first-order chi connectivity index (χ1) is 11.4. The Bertz CT molecular complexity index is 694. The second-order valence-electron chi connectivity index (χ2n) is 7.33. The maximum atomic E-state index is 12.4. The monoisotopic (exact) mass is 343 g/mol. The molecule has 1 aromatic carbocycles. The van der Waals surface area contributed by atoms with Crippen molar-refractivity contribution < 1.29 is 4.79 Å². The summed E-state index contributed by atoms with van der Waals surface area (Å²) in [5.41, 5.74) is 2.03. The molecular weight excluding hydrogens is 318 g/mol. The molecule has 1 N–H and O–H groups in total. The van der Waals surface area contributed by atoms with Crippen LogP contribution in [0.15, 0.2) is 30.5 Å². The van der Waals surface area contributed by atoms with E-state index in [1.54, 1.807) is 6.20 Å². The van der Waals surface area contributed by atoms with Gasteiger partial charge in [0.1, 0.15) is 4.88 Å². The summed E-state index contributed by atoms with van der Waals surface area (Å²) in [6.07, 6.45) is 5.53. The molecule has 0 saturated carbocycles. The molecule has 1 amide bonds. The molecule has 1 aliphatic heterocycles. The minimum absolute atomic E-state index is 0.0285. The van der Waals surface area contributed by atoms with Gasteiger partial charge in [-0.2, -0.15) is 0 Å². The normalized spacial score (nSPS) is 15.4. The lowest BCUT2D eigenvalue weighted by atomic mass is 9.98. The van der Waals surface area contributed by atoms with Gasteiger partial charge in [0.2, 0.25) is 0 Å². The number of benzene rings is 1. The summed E-state index contributed by atoms with van der Waals surface area (Å²) in [5, 5.41) is 3.95. The van der Waals surface area contributed by atoms with Gasteiger partial charge in [-0.3, -0.25) is 4.79 Å². The van der Waals surface area contributed by atoms with Crippen LogP contribution in [0.25, 0.3) is 0 Å². The largest absolute Gasteiger partial charge is 0.372 e. The van der Waals surface area contributed by atoms with Crippen LogP contribution >= 0.6 is 11.3 Å². The van der Waals surface area contributed by atoms with Gasteiger partial charge in [-0.15, -0.1) is 11.3 Å². The van der Waals surface area contributed by atoms with E-state index in [-0.39, 0.29) is 11.3 Å². The van der Waals surface area contributed by atoms with E-state index in [1.807, 2.05) is 12.1 Å². The number of aromatic nitrogens is 1. The lowest BCUT2D eigenvalue weighted by molar-refractivity contribution is 0.103. The third-order valence-corrected chi connectivity index (χ3v) is 5.64. The molecule has 1 aromatic heterocycles. The van der Waals surface area contributed by atoms with Crippen LogP contribution < -0.4 is 10.2 Å². The predicted molar refractivity (Wildman–Crippen MR) is 101 cm³/mol. The summed E-state index contributed by atoms with van der Waals surface area (Å²) in [4.78, 5) is 19.8. The van der Waals surface area contributed by atoms with Crippen LogP contribution in [-0.2, 0) is 5.41 Å². The second-order valence-corrected chi connectivity index (χ2v) is 8.36. The van der Waals surface area contributed by atoms with Crippen molar-refractivity contribution in [1.29, 1.82) is 0 Å². The van der Waals surface area contributed by atoms with Gasteiger partial charge in [-0.05, 0) is 43.5 Å². The topological polar surface area (TPSA) is 45.2 Å². The molecule has 0 unspecified atom stereocenters. The minimum atomic E-state index is -0.0891. The fraction of sp³-hybridized carbons (Fsp3) is 0.474. The fourth-order valence-electron chi connectivity index (χ4n) is 2.83. The van der Waals surface area contributed by atoms with Crippen molar-refractivity contribution in [3.8, 4) is 0 Å². The van der Waals surface area contributed by atoms with Gasteiger partial charge >= 0.3 is 0 Å². The molecule has 24 heavy (non-hydrogen) atoms. The maximum absolute atomic E-state index is 12.4. The van der Waals surface area contributed by atoms with E-state index in [4.69, 9.17) is 0 Å². The van der Waals surface area contributed by atoms with Crippen LogP contribution in [0.2, 0.25) is 0 Å². The number of thiazole rings is 1. The Balaban J connectivity index is 1.65. The van der Waals surface area contributed by atoms with Gasteiger partial charge in [0, 0.05) is 29.9 Å². The first-order valence-electron chi connectivity index (χ1n) is 8.56. The highest BCUT2D eigenvalue weighted by atomic mass is 32.1.